The molecule has 0 spiro atoms. The molecule has 3 heteroatoms. The van der Waals surface area contributed by atoms with Crippen molar-refractivity contribution in [2.24, 2.45) is 0 Å². The number of aryl methyl sites for hydroxylation is 1. The van der Waals surface area contributed by atoms with E-state index >= 15 is 0 Å². The first-order chi connectivity index (χ1) is 12.7. The second-order valence-electron chi connectivity index (χ2n) is 6.18. The van der Waals surface area contributed by atoms with Gasteiger partial charge in [-0.05, 0) is 36.8 Å². The first-order valence-electron chi connectivity index (χ1n) is 8.45. The molecule has 1 aromatic heterocycles. The van der Waals surface area contributed by atoms with Gasteiger partial charge in [0.05, 0.1) is 12.7 Å². The van der Waals surface area contributed by atoms with E-state index in [-0.39, 0.29) is 5.78 Å². The number of hydrogen-bond acceptors (Lipinski definition) is 3. The largest absolute Gasteiger partial charge is 0.496 e. The molecule has 128 valence electrons. The predicted molar refractivity (Wildman–Crippen MR) is 103 cm³/mol. The maximum absolute atomic E-state index is 13.4. The summed E-state index contributed by atoms with van der Waals surface area (Å²) in [6, 6.07) is 22.8. The van der Waals surface area contributed by atoms with Gasteiger partial charge in [-0.25, -0.2) is 0 Å². The van der Waals surface area contributed by atoms with Crippen molar-refractivity contribution in [3.63, 3.8) is 0 Å². The van der Waals surface area contributed by atoms with Crippen LogP contribution in [0.5, 0.6) is 5.75 Å². The molecule has 3 nitrogen and oxygen atoms in total. The number of furan rings is 1. The van der Waals surface area contributed by atoms with Crippen LogP contribution >= 0.6 is 0 Å². The van der Waals surface area contributed by atoms with Crippen molar-refractivity contribution in [2.45, 2.75) is 6.92 Å². The minimum Gasteiger partial charge on any atom is -0.496 e. The van der Waals surface area contributed by atoms with Crippen LogP contribution in [-0.2, 0) is 0 Å². The van der Waals surface area contributed by atoms with E-state index in [9.17, 15) is 4.79 Å². The van der Waals surface area contributed by atoms with Crippen LogP contribution in [0.1, 0.15) is 21.5 Å². The first kappa shape index (κ1) is 16.2. The van der Waals surface area contributed by atoms with E-state index in [0.29, 0.717) is 22.5 Å². The molecule has 26 heavy (non-hydrogen) atoms. The summed E-state index contributed by atoms with van der Waals surface area (Å²) >= 11 is 0. The Bertz CT molecular complexity index is 1090. The van der Waals surface area contributed by atoms with Crippen molar-refractivity contribution in [3.05, 3.63) is 89.5 Å². The molecule has 4 rings (SSSR count). The van der Waals surface area contributed by atoms with Gasteiger partial charge in [0, 0.05) is 16.5 Å². The molecule has 0 aliphatic heterocycles. The fourth-order valence-electron chi connectivity index (χ4n) is 3.23. The molecule has 0 radical (unpaired) electrons. The van der Waals surface area contributed by atoms with E-state index in [1.807, 2.05) is 73.7 Å². The summed E-state index contributed by atoms with van der Waals surface area (Å²) in [7, 11) is 1.63. The fourth-order valence-corrected chi connectivity index (χ4v) is 3.23. The third kappa shape index (κ3) is 2.68. The molecule has 0 aliphatic carbocycles. The van der Waals surface area contributed by atoms with Gasteiger partial charge in [0.2, 0.25) is 0 Å². The van der Waals surface area contributed by atoms with Crippen LogP contribution in [0.3, 0.4) is 0 Å². The smallest absolute Gasteiger partial charge is 0.197 e. The van der Waals surface area contributed by atoms with Crippen molar-refractivity contribution >= 4 is 16.8 Å². The lowest BCUT2D eigenvalue weighted by atomic mass is 9.96. The monoisotopic (exact) mass is 342 g/mol. The van der Waals surface area contributed by atoms with Gasteiger partial charge >= 0.3 is 0 Å². The van der Waals surface area contributed by atoms with Gasteiger partial charge in [0.25, 0.3) is 0 Å². The number of fused-ring (bicyclic) bond motifs is 1. The average Bonchev–Trinajstić information content (AvgIpc) is 3.07. The Labute approximate surface area is 151 Å². The second kappa shape index (κ2) is 6.52. The van der Waals surface area contributed by atoms with Crippen molar-refractivity contribution in [1.82, 2.24) is 0 Å². The summed E-state index contributed by atoms with van der Waals surface area (Å²) in [5.41, 5.74) is 3.73. The normalized spacial score (nSPS) is 10.8. The molecule has 3 aromatic carbocycles. The molecule has 4 aromatic rings. The van der Waals surface area contributed by atoms with Gasteiger partial charge < -0.3 is 9.15 Å². The van der Waals surface area contributed by atoms with Crippen molar-refractivity contribution < 1.29 is 13.9 Å². The Balaban J connectivity index is 1.92. The van der Waals surface area contributed by atoms with Crippen LogP contribution in [0.15, 0.2) is 77.2 Å². The van der Waals surface area contributed by atoms with Crippen LogP contribution < -0.4 is 4.74 Å². The number of hydrogen-bond donors (Lipinski definition) is 0. The van der Waals surface area contributed by atoms with E-state index in [1.165, 1.54) is 0 Å². The van der Waals surface area contributed by atoms with E-state index in [4.69, 9.17) is 9.15 Å². The molecule has 0 amide bonds. The first-order valence-corrected chi connectivity index (χ1v) is 8.45. The number of rotatable bonds is 4. The minimum atomic E-state index is -0.0560. The summed E-state index contributed by atoms with van der Waals surface area (Å²) in [6.45, 7) is 1.93. The molecule has 0 atom stereocenters. The average molecular weight is 342 g/mol. The van der Waals surface area contributed by atoms with Gasteiger partial charge in [-0.2, -0.15) is 0 Å². The minimum absolute atomic E-state index is 0.0560. The lowest BCUT2D eigenvalue weighted by Crippen LogP contribution is -2.03. The summed E-state index contributed by atoms with van der Waals surface area (Å²) in [5, 5.41) is 0.824. The highest BCUT2D eigenvalue weighted by molar-refractivity contribution is 6.19. The van der Waals surface area contributed by atoms with Crippen LogP contribution in [0, 0.1) is 6.92 Å². The zero-order valence-corrected chi connectivity index (χ0v) is 14.7. The second-order valence-corrected chi connectivity index (χ2v) is 6.18. The molecule has 1 heterocycles. The lowest BCUT2D eigenvalue weighted by molar-refractivity contribution is 0.104. The Morgan fingerprint density at radius 3 is 2.38 bits per heavy atom. The number of carbonyl (C=O) groups excluding carboxylic acids is 1. The van der Waals surface area contributed by atoms with Gasteiger partial charge in [0.15, 0.2) is 5.78 Å². The van der Waals surface area contributed by atoms with Gasteiger partial charge in [-0.1, -0.05) is 48.5 Å². The van der Waals surface area contributed by atoms with Gasteiger partial charge in [-0.15, -0.1) is 0 Å². The van der Waals surface area contributed by atoms with Crippen LogP contribution in [0.25, 0.3) is 22.3 Å². The van der Waals surface area contributed by atoms with E-state index in [0.717, 1.165) is 22.3 Å². The Hall–Kier alpha value is -3.33. The summed E-state index contributed by atoms with van der Waals surface area (Å²) in [6.07, 6.45) is 0. The number of para-hydroxylation sites is 1. The maximum atomic E-state index is 13.4. The topological polar surface area (TPSA) is 39.4 Å². The molecular weight excluding hydrogens is 324 g/mol. The molecule has 0 bridgehead atoms. The quantitative estimate of drug-likeness (QED) is 0.450. The van der Waals surface area contributed by atoms with Crippen molar-refractivity contribution in [2.75, 3.05) is 7.11 Å². The van der Waals surface area contributed by atoms with E-state index in [2.05, 4.69) is 0 Å². The summed E-state index contributed by atoms with van der Waals surface area (Å²) in [4.78, 5) is 13.4. The van der Waals surface area contributed by atoms with Crippen LogP contribution in [0.2, 0.25) is 0 Å². The highest BCUT2D eigenvalue weighted by Gasteiger charge is 2.23. The van der Waals surface area contributed by atoms with Crippen molar-refractivity contribution in [1.29, 1.82) is 0 Å². The Morgan fingerprint density at radius 1 is 0.923 bits per heavy atom. The number of benzene rings is 3. The zero-order valence-electron chi connectivity index (χ0n) is 14.7. The number of ether oxygens (including phenoxy) is 1. The zero-order chi connectivity index (χ0) is 18.1. The molecule has 0 aliphatic rings. The maximum Gasteiger partial charge on any atom is 0.197 e. The summed E-state index contributed by atoms with van der Waals surface area (Å²) in [5.74, 6) is 1.31. The molecule has 0 saturated heterocycles. The third-order valence-corrected chi connectivity index (χ3v) is 4.52. The number of carbonyl (C=O) groups is 1. The Kier molecular flexibility index (Phi) is 4.05. The lowest BCUT2D eigenvalue weighted by Gasteiger charge is -2.07. The number of ketones is 1. The SMILES string of the molecule is COc1ccc(C(=O)c2c(-c3ccccc3)oc3ccccc23)cc1C. The van der Waals surface area contributed by atoms with E-state index < -0.39 is 0 Å². The molecule has 0 unspecified atom stereocenters. The molecular formula is C23H18O3. The standard InChI is InChI=1S/C23H18O3/c1-15-14-17(12-13-19(15)25-2)22(24)21-18-10-6-7-11-20(18)26-23(21)16-8-4-3-5-9-16/h3-14H,1-2H3. The predicted octanol–water partition coefficient (Wildman–Crippen LogP) is 5.65. The van der Waals surface area contributed by atoms with Crippen LogP contribution in [0.4, 0.5) is 0 Å². The molecule has 0 N–H and O–H groups in total. The van der Waals surface area contributed by atoms with Gasteiger partial charge in [0.1, 0.15) is 17.1 Å². The highest BCUT2D eigenvalue weighted by atomic mass is 16.5. The third-order valence-electron chi connectivity index (χ3n) is 4.52. The van der Waals surface area contributed by atoms with E-state index in [1.54, 1.807) is 13.2 Å². The molecule has 0 fully saturated rings. The van der Waals surface area contributed by atoms with Crippen LogP contribution in [-0.4, -0.2) is 12.9 Å². The molecule has 0 saturated carbocycles. The summed E-state index contributed by atoms with van der Waals surface area (Å²) < 4.78 is 11.4. The number of methoxy groups -OCH3 is 1. The fraction of sp³-hybridized carbons (Fsp3) is 0.0870. The highest BCUT2D eigenvalue weighted by Crippen LogP contribution is 2.35. The van der Waals surface area contributed by atoms with Crippen molar-refractivity contribution in [3.8, 4) is 17.1 Å². The Morgan fingerprint density at radius 2 is 1.65 bits per heavy atom. The van der Waals surface area contributed by atoms with Gasteiger partial charge in [-0.3, -0.25) is 4.79 Å².